The number of sulfonamides is 1. The molecule has 0 unspecified atom stereocenters. The Bertz CT molecular complexity index is 981. The summed E-state index contributed by atoms with van der Waals surface area (Å²) in [5.41, 5.74) is 1.23. The lowest BCUT2D eigenvalue weighted by Gasteiger charge is -2.26. The zero-order valence-electron chi connectivity index (χ0n) is 14.1. The third-order valence-corrected chi connectivity index (χ3v) is 6.63. The summed E-state index contributed by atoms with van der Waals surface area (Å²) in [5, 5.41) is 9.05. The van der Waals surface area contributed by atoms with E-state index in [0.29, 0.717) is 36.8 Å². The maximum absolute atomic E-state index is 13.1. The average Bonchev–Trinajstić information content (AvgIpc) is 3.18. The Morgan fingerprint density at radius 2 is 1.88 bits per heavy atom. The fourth-order valence-corrected chi connectivity index (χ4v) is 5.22. The zero-order valence-corrected chi connectivity index (χ0v) is 14.9. The SMILES string of the molecule is N#Cc1cccc(S(=O)(=O)N2CCC[C@H]2c2ccc3c(c2)OCCO3)c1. The first-order valence-electron chi connectivity index (χ1n) is 8.51. The van der Waals surface area contributed by atoms with Gasteiger partial charge in [0.25, 0.3) is 0 Å². The van der Waals surface area contributed by atoms with Gasteiger partial charge in [-0.05, 0) is 48.7 Å². The first-order valence-corrected chi connectivity index (χ1v) is 9.95. The van der Waals surface area contributed by atoms with Crippen LogP contribution in [0.5, 0.6) is 11.5 Å². The summed E-state index contributed by atoms with van der Waals surface area (Å²) in [6.07, 6.45) is 1.53. The van der Waals surface area contributed by atoms with Crippen LogP contribution >= 0.6 is 0 Å². The molecule has 26 heavy (non-hydrogen) atoms. The number of rotatable bonds is 3. The van der Waals surface area contributed by atoms with E-state index in [0.717, 1.165) is 18.4 Å². The third kappa shape index (κ3) is 2.91. The minimum Gasteiger partial charge on any atom is -0.486 e. The van der Waals surface area contributed by atoms with Crippen LogP contribution in [-0.4, -0.2) is 32.5 Å². The lowest BCUT2D eigenvalue weighted by atomic mass is 10.0. The fourth-order valence-electron chi connectivity index (χ4n) is 3.49. The molecule has 2 aromatic carbocycles. The predicted octanol–water partition coefficient (Wildman–Crippen LogP) is 2.86. The monoisotopic (exact) mass is 370 g/mol. The summed E-state index contributed by atoms with van der Waals surface area (Å²) < 4.78 is 39.0. The number of benzene rings is 2. The van der Waals surface area contributed by atoms with Gasteiger partial charge in [-0.1, -0.05) is 12.1 Å². The van der Waals surface area contributed by atoms with Crippen molar-refractivity contribution in [1.82, 2.24) is 4.31 Å². The molecule has 0 aromatic heterocycles. The first kappa shape index (κ1) is 16.9. The van der Waals surface area contributed by atoms with Gasteiger partial charge in [0, 0.05) is 6.54 Å². The van der Waals surface area contributed by atoms with Crippen LogP contribution in [0.15, 0.2) is 47.4 Å². The highest BCUT2D eigenvalue weighted by Crippen LogP contribution is 2.40. The minimum atomic E-state index is -3.68. The first-order chi connectivity index (χ1) is 12.6. The van der Waals surface area contributed by atoms with E-state index in [1.807, 2.05) is 24.3 Å². The van der Waals surface area contributed by atoms with Crippen LogP contribution < -0.4 is 9.47 Å². The van der Waals surface area contributed by atoms with Crippen molar-refractivity contribution in [3.8, 4) is 17.6 Å². The maximum atomic E-state index is 13.1. The highest BCUT2D eigenvalue weighted by Gasteiger charge is 2.36. The quantitative estimate of drug-likeness (QED) is 0.830. The van der Waals surface area contributed by atoms with Gasteiger partial charge in [0.2, 0.25) is 10.0 Å². The van der Waals surface area contributed by atoms with Crippen molar-refractivity contribution in [2.24, 2.45) is 0 Å². The lowest BCUT2D eigenvalue weighted by Crippen LogP contribution is -2.30. The van der Waals surface area contributed by atoms with Crippen LogP contribution in [0.3, 0.4) is 0 Å². The summed E-state index contributed by atoms with van der Waals surface area (Å²) >= 11 is 0. The third-order valence-electron chi connectivity index (χ3n) is 4.72. The van der Waals surface area contributed by atoms with E-state index in [2.05, 4.69) is 0 Å². The van der Waals surface area contributed by atoms with E-state index in [1.54, 1.807) is 12.1 Å². The number of nitriles is 1. The largest absolute Gasteiger partial charge is 0.486 e. The second-order valence-corrected chi connectivity index (χ2v) is 8.21. The van der Waals surface area contributed by atoms with Crippen LogP contribution in [0.25, 0.3) is 0 Å². The van der Waals surface area contributed by atoms with Crippen molar-refractivity contribution in [2.75, 3.05) is 19.8 Å². The van der Waals surface area contributed by atoms with E-state index < -0.39 is 10.0 Å². The molecule has 0 radical (unpaired) electrons. The Morgan fingerprint density at radius 3 is 2.69 bits per heavy atom. The zero-order chi connectivity index (χ0) is 18.1. The van der Waals surface area contributed by atoms with Crippen molar-refractivity contribution < 1.29 is 17.9 Å². The number of hydrogen-bond donors (Lipinski definition) is 0. The van der Waals surface area contributed by atoms with Gasteiger partial charge in [-0.3, -0.25) is 0 Å². The van der Waals surface area contributed by atoms with Gasteiger partial charge < -0.3 is 9.47 Å². The molecule has 1 atom stereocenters. The molecule has 2 aromatic rings. The number of fused-ring (bicyclic) bond motifs is 1. The van der Waals surface area contributed by atoms with Gasteiger partial charge in [0.1, 0.15) is 13.2 Å². The van der Waals surface area contributed by atoms with Crippen LogP contribution in [0.2, 0.25) is 0 Å². The smallest absolute Gasteiger partial charge is 0.243 e. The van der Waals surface area contributed by atoms with Crippen molar-refractivity contribution in [2.45, 2.75) is 23.8 Å². The molecule has 0 amide bonds. The molecule has 2 aliphatic rings. The van der Waals surface area contributed by atoms with Gasteiger partial charge >= 0.3 is 0 Å². The molecule has 1 fully saturated rings. The summed E-state index contributed by atoms with van der Waals surface area (Å²) in [6.45, 7) is 1.47. The van der Waals surface area contributed by atoms with E-state index in [-0.39, 0.29) is 10.9 Å². The van der Waals surface area contributed by atoms with Crippen LogP contribution in [0, 0.1) is 11.3 Å². The standard InChI is InChI=1S/C19H18N2O4S/c20-13-14-3-1-4-16(11-14)26(22,23)21-8-2-5-17(21)15-6-7-18-19(12-15)25-10-9-24-18/h1,3-4,6-7,11-12,17H,2,5,8-10H2/t17-/m0/s1. The van der Waals surface area contributed by atoms with Gasteiger partial charge in [-0.15, -0.1) is 0 Å². The van der Waals surface area contributed by atoms with Gasteiger partial charge in [-0.25, -0.2) is 8.42 Å². The maximum Gasteiger partial charge on any atom is 0.243 e. The minimum absolute atomic E-state index is 0.154. The summed E-state index contributed by atoms with van der Waals surface area (Å²) in [7, 11) is -3.68. The average molecular weight is 370 g/mol. The van der Waals surface area contributed by atoms with E-state index in [9.17, 15) is 8.42 Å². The van der Waals surface area contributed by atoms with Crippen LogP contribution in [0.1, 0.15) is 30.0 Å². The number of nitrogens with zero attached hydrogens (tertiary/aromatic N) is 2. The number of ether oxygens (including phenoxy) is 2. The van der Waals surface area contributed by atoms with Crippen LogP contribution in [-0.2, 0) is 10.0 Å². The molecule has 0 aliphatic carbocycles. The molecule has 0 spiro atoms. The number of hydrogen-bond acceptors (Lipinski definition) is 5. The van der Waals surface area contributed by atoms with Crippen LogP contribution in [0.4, 0.5) is 0 Å². The molecular formula is C19H18N2O4S. The van der Waals surface area contributed by atoms with E-state index >= 15 is 0 Å². The molecule has 134 valence electrons. The van der Waals surface area contributed by atoms with E-state index in [1.165, 1.54) is 16.4 Å². The lowest BCUT2D eigenvalue weighted by molar-refractivity contribution is 0.171. The molecule has 6 nitrogen and oxygen atoms in total. The molecule has 0 bridgehead atoms. The summed E-state index contributed by atoms with van der Waals surface area (Å²) in [4.78, 5) is 0.154. The predicted molar refractivity (Wildman–Crippen MR) is 94.5 cm³/mol. The van der Waals surface area contributed by atoms with Gasteiger partial charge in [-0.2, -0.15) is 9.57 Å². The normalized spacial score (nSPS) is 19.9. The molecule has 0 saturated carbocycles. The summed E-state index contributed by atoms with van der Waals surface area (Å²) in [6, 6.07) is 13.5. The second-order valence-electron chi connectivity index (χ2n) is 6.32. The topological polar surface area (TPSA) is 79.6 Å². The molecule has 7 heteroatoms. The van der Waals surface area contributed by atoms with Crippen molar-refractivity contribution in [1.29, 1.82) is 5.26 Å². The second kappa shape index (κ2) is 6.63. The van der Waals surface area contributed by atoms with Gasteiger partial charge in [0.15, 0.2) is 11.5 Å². The van der Waals surface area contributed by atoms with Gasteiger partial charge in [0.05, 0.1) is 22.6 Å². The highest BCUT2D eigenvalue weighted by molar-refractivity contribution is 7.89. The molecule has 0 N–H and O–H groups in total. The fraction of sp³-hybridized carbons (Fsp3) is 0.316. The van der Waals surface area contributed by atoms with E-state index in [4.69, 9.17) is 14.7 Å². The molecule has 1 saturated heterocycles. The summed E-state index contributed by atoms with van der Waals surface area (Å²) in [5.74, 6) is 1.35. The molecular weight excluding hydrogens is 352 g/mol. The van der Waals surface area contributed by atoms with Crippen molar-refractivity contribution >= 4 is 10.0 Å². The van der Waals surface area contributed by atoms with Crippen molar-refractivity contribution in [3.05, 3.63) is 53.6 Å². The Morgan fingerprint density at radius 1 is 1.08 bits per heavy atom. The van der Waals surface area contributed by atoms with Crippen molar-refractivity contribution in [3.63, 3.8) is 0 Å². The Kier molecular flexibility index (Phi) is 4.31. The Hall–Kier alpha value is -2.56. The molecule has 2 aliphatic heterocycles. The highest BCUT2D eigenvalue weighted by atomic mass is 32.2. The molecule has 4 rings (SSSR count). The molecule has 2 heterocycles. The Balaban J connectivity index is 1.69. The Labute approximate surface area is 152 Å².